The number of nitrogens with zero attached hydrogens (tertiary/aromatic N) is 3. The van der Waals surface area contributed by atoms with Gasteiger partial charge in [-0.05, 0) is 19.4 Å². The van der Waals surface area contributed by atoms with E-state index >= 15 is 0 Å². The predicted octanol–water partition coefficient (Wildman–Crippen LogP) is 1.89. The Balaban J connectivity index is 1.82. The Morgan fingerprint density at radius 3 is 3.00 bits per heavy atom. The fraction of sp³-hybridized carbons (Fsp3) is 0.583. The lowest BCUT2D eigenvalue weighted by Gasteiger charge is -2.19. The highest BCUT2D eigenvalue weighted by atomic mass is 16.6. The summed E-state index contributed by atoms with van der Waals surface area (Å²) in [6.45, 7) is 4.92. The number of likely N-dealkylation sites (N-methyl/N-ethyl adjacent to an activating group) is 1. The number of nitrogens with one attached hydrogen (secondary N) is 1. The maximum atomic E-state index is 10.6. The second-order valence-electron chi connectivity index (χ2n) is 4.44. The molecule has 0 aromatic carbocycles. The average molecular weight is 250 g/mol. The first kappa shape index (κ1) is 12.8. The Morgan fingerprint density at radius 1 is 1.61 bits per heavy atom. The minimum atomic E-state index is -0.407. The number of hydrogen-bond donors (Lipinski definition) is 1. The van der Waals surface area contributed by atoms with Crippen LogP contribution in [0.15, 0.2) is 18.3 Å². The molecule has 0 saturated heterocycles. The van der Waals surface area contributed by atoms with Crippen molar-refractivity contribution >= 4 is 11.5 Å². The molecule has 0 spiro atoms. The molecule has 18 heavy (non-hydrogen) atoms. The van der Waals surface area contributed by atoms with Crippen molar-refractivity contribution in [1.29, 1.82) is 0 Å². The van der Waals surface area contributed by atoms with Gasteiger partial charge in [-0.2, -0.15) is 0 Å². The van der Waals surface area contributed by atoms with Gasteiger partial charge in [0.2, 0.25) is 0 Å². The topological polar surface area (TPSA) is 71.3 Å². The largest absolute Gasteiger partial charge is 0.369 e. The molecule has 1 aliphatic rings. The number of pyridine rings is 1. The summed E-state index contributed by atoms with van der Waals surface area (Å²) in [6.07, 6.45) is 4.05. The van der Waals surface area contributed by atoms with E-state index < -0.39 is 4.92 Å². The summed E-state index contributed by atoms with van der Waals surface area (Å²) in [5, 5.41) is 13.8. The molecular formula is C12H18N4O2. The number of rotatable bonds is 7. The fourth-order valence-corrected chi connectivity index (χ4v) is 2.00. The van der Waals surface area contributed by atoms with E-state index in [2.05, 4.69) is 22.1 Å². The lowest BCUT2D eigenvalue weighted by atomic mass is 10.4. The molecule has 1 heterocycles. The van der Waals surface area contributed by atoms with Crippen molar-refractivity contribution in [1.82, 2.24) is 9.88 Å². The highest BCUT2D eigenvalue weighted by molar-refractivity contribution is 5.44. The second kappa shape index (κ2) is 5.77. The van der Waals surface area contributed by atoms with Gasteiger partial charge in [0.1, 0.15) is 5.82 Å². The summed E-state index contributed by atoms with van der Waals surface area (Å²) in [5.74, 6) is 0.566. The minimum absolute atomic E-state index is 0.0713. The summed E-state index contributed by atoms with van der Waals surface area (Å²) >= 11 is 0. The van der Waals surface area contributed by atoms with Crippen LogP contribution in [0.25, 0.3) is 0 Å². The van der Waals surface area contributed by atoms with E-state index in [4.69, 9.17) is 0 Å². The molecule has 1 aromatic rings. The zero-order chi connectivity index (χ0) is 13.0. The van der Waals surface area contributed by atoms with Gasteiger partial charge in [0.15, 0.2) is 0 Å². The van der Waals surface area contributed by atoms with Gasteiger partial charge in [-0.3, -0.25) is 15.0 Å². The highest BCUT2D eigenvalue weighted by Gasteiger charge is 2.27. The molecule has 98 valence electrons. The second-order valence-corrected chi connectivity index (χ2v) is 4.44. The maximum Gasteiger partial charge on any atom is 0.274 e. The molecule has 1 aliphatic carbocycles. The molecule has 2 rings (SSSR count). The average Bonchev–Trinajstić information content (AvgIpc) is 3.19. The van der Waals surface area contributed by atoms with Crippen LogP contribution in [0.1, 0.15) is 19.8 Å². The molecule has 1 aromatic heterocycles. The van der Waals surface area contributed by atoms with E-state index in [1.54, 1.807) is 0 Å². The lowest BCUT2D eigenvalue weighted by Crippen LogP contribution is -2.31. The van der Waals surface area contributed by atoms with E-state index in [0.29, 0.717) is 5.82 Å². The first-order valence-corrected chi connectivity index (χ1v) is 6.29. The van der Waals surface area contributed by atoms with Crippen molar-refractivity contribution in [3.63, 3.8) is 0 Å². The smallest absolute Gasteiger partial charge is 0.274 e. The van der Waals surface area contributed by atoms with Gasteiger partial charge in [-0.25, -0.2) is 4.98 Å². The molecule has 1 saturated carbocycles. The third-order valence-electron chi connectivity index (χ3n) is 3.13. The molecular weight excluding hydrogens is 232 g/mol. The van der Waals surface area contributed by atoms with E-state index in [1.807, 2.05) is 0 Å². The Morgan fingerprint density at radius 2 is 2.39 bits per heavy atom. The SMILES string of the molecule is CCN(CCNc1cc([N+](=O)[O-])ccn1)C1CC1. The van der Waals surface area contributed by atoms with Crippen molar-refractivity contribution in [3.8, 4) is 0 Å². The summed E-state index contributed by atoms with van der Waals surface area (Å²) in [7, 11) is 0. The summed E-state index contributed by atoms with van der Waals surface area (Å²) in [5.41, 5.74) is 0.0713. The third-order valence-corrected chi connectivity index (χ3v) is 3.13. The minimum Gasteiger partial charge on any atom is -0.369 e. The number of aromatic nitrogens is 1. The zero-order valence-corrected chi connectivity index (χ0v) is 10.5. The van der Waals surface area contributed by atoms with Crippen LogP contribution in [0.3, 0.4) is 0 Å². The fourth-order valence-electron chi connectivity index (χ4n) is 2.00. The standard InChI is InChI=1S/C12H18N4O2/c1-2-15(10-3-4-10)8-7-14-12-9-11(16(17)18)5-6-13-12/h5-6,9-10H,2-4,7-8H2,1H3,(H,13,14). The first-order chi connectivity index (χ1) is 8.70. The van der Waals surface area contributed by atoms with Crippen molar-refractivity contribution in [2.75, 3.05) is 25.0 Å². The summed E-state index contributed by atoms with van der Waals surface area (Å²) in [6, 6.07) is 3.61. The van der Waals surface area contributed by atoms with Crippen molar-refractivity contribution in [2.24, 2.45) is 0 Å². The lowest BCUT2D eigenvalue weighted by molar-refractivity contribution is -0.384. The van der Waals surface area contributed by atoms with E-state index in [0.717, 1.165) is 25.7 Å². The van der Waals surface area contributed by atoms with Crippen LogP contribution in [0.2, 0.25) is 0 Å². The van der Waals surface area contributed by atoms with Crippen LogP contribution < -0.4 is 5.32 Å². The van der Waals surface area contributed by atoms with Crippen LogP contribution in [0.4, 0.5) is 11.5 Å². The van der Waals surface area contributed by atoms with Gasteiger partial charge in [0.25, 0.3) is 5.69 Å². The molecule has 6 heteroatoms. The first-order valence-electron chi connectivity index (χ1n) is 6.29. The van der Waals surface area contributed by atoms with Gasteiger partial charge in [-0.15, -0.1) is 0 Å². The van der Waals surface area contributed by atoms with Crippen LogP contribution in [-0.4, -0.2) is 40.5 Å². The summed E-state index contributed by atoms with van der Waals surface area (Å²) in [4.78, 5) is 16.7. The van der Waals surface area contributed by atoms with Gasteiger partial charge >= 0.3 is 0 Å². The van der Waals surface area contributed by atoms with E-state index in [-0.39, 0.29) is 5.69 Å². The van der Waals surface area contributed by atoms with Gasteiger partial charge in [-0.1, -0.05) is 6.92 Å². The third kappa shape index (κ3) is 3.40. The number of anilines is 1. The van der Waals surface area contributed by atoms with Crippen molar-refractivity contribution in [3.05, 3.63) is 28.4 Å². The Kier molecular flexibility index (Phi) is 4.09. The molecule has 1 fully saturated rings. The molecule has 0 bridgehead atoms. The molecule has 0 aliphatic heterocycles. The normalized spacial score (nSPS) is 14.8. The van der Waals surface area contributed by atoms with Gasteiger partial charge in [0.05, 0.1) is 11.0 Å². The molecule has 0 radical (unpaired) electrons. The van der Waals surface area contributed by atoms with E-state index in [1.165, 1.54) is 31.2 Å². The Bertz CT molecular complexity index is 420. The molecule has 0 amide bonds. The zero-order valence-electron chi connectivity index (χ0n) is 10.5. The Hall–Kier alpha value is -1.69. The Labute approximate surface area is 106 Å². The maximum absolute atomic E-state index is 10.6. The van der Waals surface area contributed by atoms with Crippen LogP contribution in [0, 0.1) is 10.1 Å². The van der Waals surface area contributed by atoms with Crippen LogP contribution in [-0.2, 0) is 0 Å². The molecule has 1 N–H and O–H groups in total. The summed E-state index contributed by atoms with van der Waals surface area (Å²) < 4.78 is 0. The van der Waals surface area contributed by atoms with Crippen molar-refractivity contribution in [2.45, 2.75) is 25.8 Å². The quantitative estimate of drug-likeness (QED) is 0.591. The molecule has 0 unspecified atom stereocenters. The van der Waals surface area contributed by atoms with Gasteiger partial charge in [0, 0.05) is 31.4 Å². The van der Waals surface area contributed by atoms with Gasteiger partial charge < -0.3 is 5.32 Å². The molecule has 0 atom stereocenters. The van der Waals surface area contributed by atoms with Crippen molar-refractivity contribution < 1.29 is 4.92 Å². The highest BCUT2D eigenvalue weighted by Crippen LogP contribution is 2.26. The van der Waals surface area contributed by atoms with Crippen LogP contribution >= 0.6 is 0 Å². The molecule has 6 nitrogen and oxygen atoms in total. The predicted molar refractivity (Wildman–Crippen MR) is 69.7 cm³/mol. The number of hydrogen-bond acceptors (Lipinski definition) is 5. The monoisotopic (exact) mass is 250 g/mol. The number of nitro groups is 1. The van der Waals surface area contributed by atoms with E-state index in [9.17, 15) is 10.1 Å². The van der Waals surface area contributed by atoms with Crippen LogP contribution in [0.5, 0.6) is 0 Å².